The van der Waals surface area contributed by atoms with E-state index >= 15 is 0 Å². The first-order valence-electron chi connectivity index (χ1n) is 6.63. The maximum atomic E-state index is 4.43. The second-order valence-corrected chi connectivity index (χ2v) is 4.87. The molecule has 4 heteroatoms. The molecule has 0 fully saturated rings. The van der Waals surface area contributed by atoms with E-state index in [0.717, 1.165) is 37.6 Å². The van der Waals surface area contributed by atoms with Crippen LogP contribution in [-0.4, -0.2) is 28.5 Å². The van der Waals surface area contributed by atoms with Gasteiger partial charge in [-0.25, -0.2) is 4.98 Å². The molecule has 0 saturated carbocycles. The highest BCUT2D eigenvalue weighted by molar-refractivity contribution is 5.30. The summed E-state index contributed by atoms with van der Waals surface area (Å²) in [5, 5.41) is 2.98. The summed E-state index contributed by atoms with van der Waals surface area (Å²) in [5.41, 5.74) is 3.95. The Bertz CT molecular complexity index is 550. The molecule has 19 heavy (non-hydrogen) atoms. The number of anilines is 1. The summed E-state index contributed by atoms with van der Waals surface area (Å²) < 4.78 is 0. The Balaban J connectivity index is 1.68. The molecule has 4 nitrogen and oxygen atoms in total. The van der Waals surface area contributed by atoms with Crippen molar-refractivity contribution in [2.45, 2.75) is 19.5 Å². The van der Waals surface area contributed by atoms with Gasteiger partial charge >= 0.3 is 0 Å². The molecule has 1 aromatic heterocycles. The molecule has 0 saturated heterocycles. The molecule has 1 aliphatic rings. The summed E-state index contributed by atoms with van der Waals surface area (Å²) in [6, 6.07) is 8.69. The fourth-order valence-corrected chi connectivity index (χ4v) is 2.48. The molecule has 1 N–H and O–H groups in total. The maximum absolute atomic E-state index is 4.43. The lowest BCUT2D eigenvalue weighted by molar-refractivity contribution is 0.242. The Morgan fingerprint density at radius 1 is 1.16 bits per heavy atom. The van der Waals surface area contributed by atoms with Gasteiger partial charge in [-0.05, 0) is 17.5 Å². The monoisotopic (exact) mass is 254 g/mol. The van der Waals surface area contributed by atoms with Crippen LogP contribution in [0.15, 0.2) is 36.7 Å². The highest BCUT2D eigenvalue weighted by atomic mass is 15.1. The normalized spacial score (nSPS) is 15.0. The molecule has 0 unspecified atom stereocenters. The largest absolute Gasteiger partial charge is 0.372 e. The zero-order chi connectivity index (χ0) is 13.1. The van der Waals surface area contributed by atoms with Crippen LogP contribution in [0.2, 0.25) is 0 Å². The van der Waals surface area contributed by atoms with Crippen LogP contribution in [0, 0.1) is 0 Å². The van der Waals surface area contributed by atoms with Gasteiger partial charge in [-0.1, -0.05) is 24.3 Å². The molecular weight excluding hydrogens is 236 g/mol. The second-order valence-electron chi connectivity index (χ2n) is 4.87. The van der Waals surface area contributed by atoms with Gasteiger partial charge in [0, 0.05) is 26.7 Å². The van der Waals surface area contributed by atoms with Gasteiger partial charge in [0.2, 0.25) is 0 Å². The van der Waals surface area contributed by atoms with Crippen molar-refractivity contribution in [2.24, 2.45) is 0 Å². The average molecular weight is 254 g/mol. The molecule has 1 aliphatic heterocycles. The first kappa shape index (κ1) is 12.1. The summed E-state index contributed by atoms with van der Waals surface area (Å²) in [5.74, 6) is 0.813. The molecule has 0 amide bonds. The quantitative estimate of drug-likeness (QED) is 0.910. The number of benzene rings is 1. The molecular formula is C15H18N4. The Kier molecular flexibility index (Phi) is 3.42. The van der Waals surface area contributed by atoms with Crippen molar-refractivity contribution in [3.05, 3.63) is 53.5 Å². The fourth-order valence-electron chi connectivity index (χ4n) is 2.48. The summed E-state index contributed by atoms with van der Waals surface area (Å²) in [7, 11) is 1.85. The number of nitrogens with one attached hydrogen (secondary N) is 1. The lowest BCUT2D eigenvalue weighted by Crippen LogP contribution is -2.30. The fraction of sp³-hybridized carbons (Fsp3) is 0.333. The molecule has 98 valence electrons. The summed E-state index contributed by atoms with van der Waals surface area (Å²) in [4.78, 5) is 11.2. The minimum absolute atomic E-state index is 0.813. The van der Waals surface area contributed by atoms with E-state index in [0.29, 0.717) is 0 Å². The number of fused-ring (bicyclic) bond motifs is 1. The van der Waals surface area contributed by atoms with E-state index < -0.39 is 0 Å². The Hall–Kier alpha value is -1.94. The van der Waals surface area contributed by atoms with Crippen LogP contribution in [0.3, 0.4) is 0 Å². The van der Waals surface area contributed by atoms with E-state index in [1.165, 1.54) is 11.1 Å². The van der Waals surface area contributed by atoms with Crippen molar-refractivity contribution in [3.8, 4) is 0 Å². The topological polar surface area (TPSA) is 41.1 Å². The zero-order valence-electron chi connectivity index (χ0n) is 11.1. The van der Waals surface area contributed by atoms with Crippen molar-refractivity contribution in [2.75, 3.05) is 18.9 Å². The number of hydrogen-bond donors (Lipinski definition) is 1. The number of aromatic nitrogens is 2. The molecule has 2 heterocycles. The van der Waals surface area contributed by atoms with E-state index in [-0.39, 0.29) is 0 Å². The van der Waals surface area contributed by atoms with E-state index in [1.807, 2.05) is 13.2 Å². The third-order valence-electron chi connectivity index (χ3n) is 3.56. The molecule has 0 radical (unpaired) electrons. The van der Waals surface area contributed by atoms with Crippen LogP contribution in [0.4, 0.5) is 5.82 Å². The van der Waals surface area contributed by atoms with Crippen LogP contribution >= 0.6 is 0 Å². The summed E-state index contributed by atoms with van der Waals surface area (Å²) >= 11 is 0. The van der Waals surface area contributed by atoms with Crippen LogP contribution in [0.25, 0.3) is 0 Å². The first-order valence-corrected chi connectivity index (χ1v) is 6.63. The molecule has 1 aromatic carbocycles. The van der Waals surface area contributed by atoms with E-state index in [2.05, 4.69) is 44.5 Å². The van der Waals surface area contributed by atoms with Crippen LogP contribution in [0.5, 0.6) is 0 Å². The first-order chi connectivity index (χ1) is 9.35. The second kappa shape index (κ2) is 5.36. The minimum Gasteiger partial charge on any atom is -0.372 e. The third kappa shape index (κ3) is 2.74. The van der Waals surface area contributed by atoms with Gasteiger partial charge in [0.1, 0.15) is 5.82 Å². The van der Waals surface area contributed by atoms with Gasteiger partial charge in [-0.3, -0.25) is 9.88 Å². The van der Waals surface area contributed by atoms with Gasteiger partial charge in [0.05, 0.1) is 18.1 Å². The highest BCUT2D eigenvalue weighted by Gasteiger charge is 2.16. The maximum Gasteiger partial charge on any atom is 0.144 e. The predicted molar refractivity (Wildman–Crippen MR) is 75.8 cm³/mol. The molecule has 0 bridgehead atoms. The molecule has 0 spiro atoms. The SMILES string of the molecule is CNc1cnc(CN2CCc3ccccc3C2)cn1. The Morgan fingerprint density at radius 3 is 2.74 bits per heavy atom. The molecule has 2 aromatic rings. The van der Waals surface area contributed by atoms with Crippen LogP contribution < -0.4 is 5.32 Å². The molecule has 3 rings (SSSR count). The summed E-state index contributed by atoms with van der Waals surface area (Å²) in [6.07, 6.45) is 4.76. The Labute approximate surface area is 113 Å². The van der Waals surface area contributed by atoms with Gasteiger partial charge in [0.15, 0.2) is 0 Å². The van der Waals surface area contributed by atoms with Crippen molar-refractivity contribution < 1.29 is 0 Å². The molecule has 0 aliphatic carbocycles. The van der Waals surface area contributed by atoms with E-state index in [4.69, 9.17) is 0 Å². The van der Waals surface area contributed by atoms with Crippen molar-refractivity contribution in [3.63, 3.8) is 0 Å². The van der Waals surface area contributed by atoms with Crippen molar-refractivity contribution in [1.82, 2.24) is 14.9 Å². The zero-order valence-corrected chi connectivity index (χ0v) is 11.1. The average Bonchev–Trinajstić information content (AvgIpc) is 2.48. The predicted octanol–water partition coefficient (Wildman–Crippen LogP) is 2.08. The lowest BCUT2D eigenvalue weighted by Gasteiger charge is -2.28. The van der Waals surface area contributed by atoms with E-state index in [9.17, 15) is 0 Å². The molecule has 0 atom stereocenters. The smallest absolute Gasteiger partial charge is 0.144 e. The van der Waals surface area contributed by atoms with Crippen LogP contribution in [0.1, 0.15) is 16.8 Å². The minimum atomic E-state index is 0.813. The third-order valence-corrected chi connectivity index (χ3v) is 3.56. The van der Waals surface area contributed by atoms with Crippen molar-refractivity contribution >= 4 is 5.82 Å². The van der Waals surface area contributed by atoms with E-state index in [1.54, 1.807) is 6.20 Å². The van der Waals surface area contributed by atoms with Crippen LogP contribution in [-0.2, 0) is 19.5 Å². The number of rotatable bonds is 3. The van der Waals surface area contributed by atoms with Crippen molar-refractivity contribution in [1.29, 1.82) is 0 Å². The van der Waals surface area contributed by atoms with Gasteiger partial charge < -0.3 is 5.32 Å². The highest BCUT2D eigenvalue weighted by Crippen LogP contribution is 2.19. The van der Waals surface area contributed by atoms with Gasteiger partial charge in [-0.15, -0.1) is 0 Å². The lowest BCUT2D eigenvalue weighted by atomic mass is 10.00. The van der Waals surface area contributed by atoms with Gasteiger partial charge in [-0.2, -0.15) is 0 Å². The standard InChI is InChI=1S/C15H18N4/c1-16-15-9-17-14(8-18-15)11-19-7-6-12-4-2-3-5-13(12)10-19/h2-5,8-9H,6-7,10-11H2,1H3,(H,16,18). The van der Waals surface area contributed by atoms with Gasteiger partial charge in [0.25, 0.3) is 0 Å². The number of nitrogens with zero attached hydrogens (tertiary/aromatic N) is 3. The number of hydrogen-bond acceptors (Lipinski definition) is 4. The Morgan fingerprint density at radius 2 is 2.00 bits per heavy atom. The summed E-state index contributed by atoms with van der Waals surface area (Å²) in [6.45, 7) is 2.96.